The number of benzene rings is 2. The van der Waals surface area contributed by atoms with E-state index >= 15 is 0 Å². The molecule has 0 heterocycles. The highest BCUT2D eigenvalue weighted by Gasteiger charge is 2.28. The number of rotatable bonds is 6. The third-order valence-electron chi connectivity index (χ3n) is 3.92. The van der Waals surface area contributed by atoms with Gasteiger partial charge in [0.15, 0.2) is 0 Å². The third-order valence-corrected chi connectivity index (χ3v) is 3.92. The van der Waals surface area contributed by atoms with Crippen LogP contribution in [0.2, 0.25) is 0 Å². The van der Waals surface area contributed by atoms with Crippen LogP contribution in [0.5, 0.6) is 0 Å². The fourth-order valence-corrected chi connectivity index (χ4v) is 2.94. The molecule has 0 saturated carbocycles. The second-order valence-corrected chi connectivity index (χ2v) is 5.41. The summed E-state index contributed by atoms with van der Waals surface area (Å²) in [7, 11) is 0. The van der Waals surface area contributed by atoms with Gasteiger partial charge in [0.25, 0.3) is 0 Å². The predicted octanol–water partition coefficient (Wildman–Crippen LogP) is 2.02. The van der Waals surface area contributed by atoms with Gasteiger partial charge in [0.1, 0.15) is 6.61 Å². The van der Waals surface area contributed by atoms with Gasteiger partial charge >= 0.3 is 11.9 Å². The van der Waals surface area contributed by atoms with Crippen LogP contribution in [-0.2, 0) is 14.3 Å². The fraction of sp³-hybridized carbons (Fsp3) is 0.222. The van der Waals surface area contributed by atoms with Crippen LogP contribution in [-0.4, -0.2) is 36.7 Å². The number of ether oxygens (including phenoxy) is 1. The molecule has 0 bridgehead atoms. The summed E-state index contributed by atoms with van der Waals surface area (Å²) in [5.74, 6) is -1.43. The number of esters is 1. The van der Waals surface area contributed by atoms with Crippen LogP contribution in [0.4, 0.5) is 0 Å². The van der Waals surface area contributed by atoms with Crippen LogP contribution in [0, 0.1) is 0 Å². The number of aliphatic carboxylic acids is 1. The molecule has 1 aliphatic carbocycles. The van der Waals surface area contributed by atoms with E-state index in [0.29, 0.717) is 0 Å². The Balaban J connectivity index is 1.69. The number of carboxylic acid groups (broad SMARTS) is 1. The maximum absolute atomic E-state index is 11.7. The molecule has 5 heteroatoms. The van der Waals surface area contributed by atoms with E-state index in [1.54, 1.807) is 0 Å². The Hall–Kier alpha value is -2.66. The van der Waals surface area contributed by atoms with Crippen LogP contribution < -0.4 is 5.32 Å². The Labute approximate surface area is 133 Å². The molecule has 5 nitrogen and oxygen atoms in total. The van der Waals surface area contributed by atoms with Gasteiger partial charge in [-0.2, -0.15) is 0 Å². The molecule has 2 N–H and O–H groups in total. The zero-order chi connectivity index (χ0) is 16.2. The second-order valence-electron chi connectivity index (χ2n) is 5.41. The van der Waals surface area contributed by atoms with Crippen molar-refractivity contribution in [2.24, 2.45) is 0 Å². The Morgan fingerprint density at radius 1 is 0.957 bits per heavy atom. The third kappa shape index (κ3) is 3.24. The Bertz CT molecular complexity index is 696. The molecule has 0 fully saturated rings. The average molecular weight is 311 g/mol. The molecule has 0 aromatic heterocycles. The van der Waals surface area contributed by atoms with E-state index in [9.17, 15) is 9.59 Å². The van der Waals surface area contributed by atoms with Gasteiger partial charge in [0, 0.05) is 5.92 Å². The van der Waals surface area contributed by atoms with Gasteiger partial charge in [0.05, 0.1) is 13.1 Å². The summed E-state index contributed by atoms with van der Waals surface area (Å²) in [6.07, 6.45) is 0. The van der Waals surface area contributed by atoms with E-state index in [-0.39, 0.29) is 25.6 Å². The van der Waals surface area contributed by atoms with Gasteiger partial charge in [-0.1, -0.05) is 48.5 Å². The average Bonchev–Trinajstić information content (AvgIpc) is 2.87. The molecule has 0 unspecified atom stereocenters. The highest BCUT2D eigenvalue weighted by atomic mass is 16.5. The molecule has 1 aliphatic rings. The highest BCUT2D eigenvalue weighted by molar-refractivity contribution is 5.79. The van der Waals surface area contributed by atoms with Gasteiger partial charge in [-0.05, 0) is 22.3 Å². The van der Waals surface area contributed by atoms with Crippen LogP contribution in [0.1, 0.15) is 17.0 Å². The molecule has 2 aromatic carbocycles. The van der Waals surface area contributed by atoms with Gasteiger partial charge in [-0.25, -0.2) is 0 Å². The first kappa shape index (κ1) is 15.2. The summed E-state index contributed by atoms with van der Waals surface area (Å²) in [4.78, 5) is 22.1. The van der Waals surface area contributed by atoms with Crippen molar-refractivity contribution in [1.29, 1.82) is 0 Å². The highest BCUT2D eigenvalue weighted by Crippen LogP contribution is 2.44. The molecule has 0 aliphatic heterocycles. The lowest BCUT2D eigenvalue weighted by molar-refractivity contribution is -0.143. The van der Waals surface area contributed by atoms with Crippen LogP contribution >= 0.6 is 0 Å². The molecule has 2 aromatic rings. The summed E-state index contributed by atoms with van der Waals surface area (Å²) in [6.45, 7) is -0.117. The van der Waals surface area contributed by atoms with Gasteiger partial charge in [-0.15, -0.1) is 0 Å². The van der Waals surface area contributed by atoms with Crippen molar-refractivity contribution in [3.63, 3.8) is 0 Å². The van der Waals surface area contributed by atoms with Crippen LogP contribution in [0.25, 0.3) is 11.1 Å². The predicted molar refractivity (Wildman–Crippen MR) is 85.2 cm³/mol. The molecular weight excluding hydrogens is 294 g/mol. The topological polar surface area (TPSA) is 75.6 Å². The van der Waals surface area contributed by atoms with Crippen molar-refractivity contribution in [3.05, 3.63) is 59.7 Å². The van der Waals surface area contributed by atoms with E-state index in [2.05, 4.69) is 29.6 Å². The van der Waals surface area contributed by atoms with Crippen molar-refractivity contribution in [2.75, 3.05) is 19.7 Å². The van der Waals surface area contributed by atoms with Crippen molar-refractivity contribution in [2.45, 2.75) is 5.92 Å². The molecular formula is C18H17NO4. The first-order valence-electron chi connectivity index (χ1n) is 7.43. The molecule has 0 amide bonds. The number of carbonyl (C=O) groups is 2. The second kappa shape index (κ2) is 6.62. The lowest BCUT2D eigenvalue weighted by Crippen LogP contribution is -2.30. The smallest absolute Gasteiger partial charge is 0.319 e. The summed E-state index contributed by atoms with van der Waals surface area (Å²) < 4.78 is 5.33. The zero-order valence-electron chi connectivity index (χ0n) is 12.5. The number of hydrogen-bond donors (Lipinski definition) is 2. The Kier molecular flexibility index (Phi) is 4.39. The number of fused-ring (bicyclic) bond motifs is 3. The SMILES string of the molecule is O=C(O)CNCC(=O)OCC1c2ccccc2-c2ccccc21. The lowest BCUT2D eigenvalue weighted by Gasteiger charge is -2.14. The quantitative estimate of drug-likeness (QED) is 0.798. The van der Waals surface area contributed by atoms with E-state index in [0.717, 1.165) is 11.1 Å². The molecule has 0 atom stereocenters. The number of carboxylic acids is 1. The van der Waals surface area contributed by atoms with Crippen LogP contribution in [0.3, 0.4) is 0 Å². The fourth-order valence-electron chi connectivity index (χ4n) is 2.94. The molecule has 0 saturated heterocycles. The number of hydrogen-bond acceptors (Lipinski definition) is 4. The molecule has 118 valence electrons. The first-order chi connectivity index (χ1) is 11.2. The largest absolute Gasteiger partial charge is 0.480 e. The van der Waals surface area contributed by atoms with E-state index in [1.807, 2.05) is 24.3 Å². The normalized spacial score (nSPS) is 12.5. The van der Waals surface area contributed by atoms with E-state index < -0.39 is 11.9 Å². The Morgan fingerprint density at radius 2 is 1.52 bits per heavy atom. The molecule has 0 spiro atoms. The van der Waals surface area contributed by atoms with Gasteiger partial charge in [-0.3, -0.25) is 14.9 Å². The summed E-state index contributed by atoms with van der Waals surface area (Å²) in [5, 5.41) is 11.1. The molecule has 23 heavy (non-hydrogen) atoms. The Morgan fingerprint density at radius 3 is 2.09 bits per heavy atom. The summed E-state index contributed by atoms with van der Waals surface area (Å²) >= 11 is 0. The van der Waals surface area contributed by atoms with Crippen molar-refractivity contribution < 1.29 is 19.4 Å². The minimum Gasteiger partial charge on any atom is -0.480 e. The summed E-state index contributed by atoms with van der Waals surface area (Å²) in [6, 6.07) is 16.2. The van der Waals surface area contributed by atoms with Crippen molar-refractivity contribution in [3.8, 4) is 11.1 Å². The lowest BCUT2D eigenvalue weighted by atomic mass is 9.98. The van der Waals surface area contributed by atoms with Crippen LogP contribution in [0.15, 0.2) is 48.5 Å². The van der Waals surface area contributed by atoms with E-state index in [4.69, 9.17) is 9.84 Å². The molecule has 0 radical (unpaired) electrons. The molecule has 3 rings (SSSR count). The maximum atomic E-state index is 11.7. The monoisotopic (exact) mass is 311 g/mol. The zero-order valence-corrected chi connectivity index (χ0v) is 12.5. The standard InChI is InChI=1S/C18H17NO4/c20-17(21)9-19-10-18(22)23-11-16-14-7-3-1-5-12(14)13-6-2-4-8-15(13)16/h1-8,16,19H,9-11H2,(H,20,21). The maximum Gasteiger partial charge on any atom is 0.319 e. The number of carbonyl (C=O) groups excluding carboxylic acids is 1. The van der Waals surface area contributed by atoms with Crippen molar-refractivity contribution in [1.82, 2.24) is 5.32 Å². The van der Waals surface area contributed by atoms with E-state index in [1.165, 1.54) is 11.1 Å². The minimum atomic E-state index is -1.00. The van der Waals surface area contributed by atoms with Crippen molar-refractivity contribution >= 4 is 11.9 Å². The number of nitrogens with one attached hydrogen (secondary N) is 1. The van der Waals surface area contributed by atoms with Gasteiger partial charge in [0.2, 0.25) is 0 Å². The minimum absolute atomic E-state index is 0.0193. The first-order valence-corrected chi connectivity index (χ1v) is 7.43. The summed E-state index contributed by atoms with van der Waals surface area (Å²) in [5.41, 5.74) is 4.65. The van der Waals surface area contributed by atoms with Gasteiger partial charge < -0.3 is 9.84 Å².